The molecule has 1 aromatic carbocycles. The zero-order chi connectivity index (χ0) is 18.1. The van der Waals surface area contributed by atoms with Crippen LogP contribution in [-0.2, 0) is 9.53 Å². The fraction of sp³-hybridized carbons (Fsp3) is 0.389. The van der Waals surface area contributed by atoms with E-state index in [1.807, 2.05) is 32.9 Å². The number of amides is 2. The van der Waals surface area contributed by atoms with Gasteiger partial charge in [0.2, 0.25) is 5.91 Å². The topological polar surface area (TPSA) is 85.5 Å². The lowest BCUT2D eigenvalue weighted by atomic mass is 10.1. The van der Waals surface area contributed by atoms with E-state index in [1.165, 1.54) is 16.9 Å². The highest BCUT2D eigenvalue weighted by atomic mass is 32.1. The summed E-state index contributed by atoms with van der Waals surface area (Å²) in [5.74, 6) is -0.671. The van der Waals surface area contributed by atoms with Crippen LogP contribution >= 0.6 is 11.3 Å². The second kappa shape index (κ2) is 6.93. The summed E-state index contributed by atoms with van der Waals surface area (Å²) in [6.45, 7) is 6.86. The summed E-state index contributed by atoms with van der Waals surface area (Å²) < 4.78 is 5.31. The summed E-state index contributed by atoms with van der Waals surface area (Å²) in [6, 6.07) is 6.18. The van der Waals surface area contributed by atoms with Crippen LogP contribution in [0.3, 0.4) is 0 Å². The number of hydrogen-bond donors (Lipinski definition) is 1. The minimum Gasteiger partial charge on any atom is -0.367 e. The summed E-state index contributed by atoms with van der Waals surface area (Å²) in [7, 11) is 0. The van der Waals surface area contributed by atoms with Crippen LogP contribution in [0.2, 0.25) is 0 Å². The Hall–Kier alpha value is -2.25. The van der Waals surface area contributed by atoms with Crippen LogP contribution < -0.4 is 5.73 Å². The molecular formula is C18H21N3O3S. The van der Waals surface area contributed by atoms with Crippen molar-refractivity contribution in [2.24, 2.45) is 5.73 Å². The number of carbonyl (C=O) groups is 2. The van der Waals surface area contributed by atoms with Gasteiger partial charge in [0.25, 0.3) is 5.91 Å². The molecule has 0 radical (unpaired) electrons. The standard InChI is InChI=1S/C18H21N3O3S/c1-10-4-5-13(11(2)8-10)17-20-12(3)15(25-17)18(23)21-6-7-24-14(9-21)16(19)22/h4-5,8,14H,6-7,9H2,1-3H3,(H2,19,22)/t14-/m0/s1. The van der Waals surface area contributed by atoms with E-state index in [2.05, 4.69) is 11.1 Å². The van der Waals surface area contributed by atoms with Crippen LogP contribution in [0.25, 0.3) is 10.6 Å². The number of ether oxygens (including phenoxy) is 1. The minimum absolute atomic E-state index is 0.124. The van der Waals surface area contributed by atoms with Gasteiger partial charge in [0, 0.05) is 12.1 Å². The van der Waals surface area contributed by atoms with E-state index in [-0.39, 0.29) is 12.5 Å². The Kier molecular flexibility index (Phi) is 4.87. The second-order valence-electron chi connectivity index (χ2n) is 6.26. The fourth-order valence-corrected chi connectivity index (χ4v) is 4.04. The Balaban J connectivity index is 1.87. The predicted octanol–water partition coefficient (Wildman–Crippen LogP) is 2.06. The number of rotatable bonds is 3. The quantitative estimate of drug-likeness (QED) is 0.909. The SMILES string of the molecule is Cc1ccc(-c2nc(C)c(C(=O)N3CCO[C@H](C(N)=O)C3)s2)c(C)c1. The number of aryl methyl sites for hydroxylation is 3. The largest absolute Gasteiger partial charge is 0.367 e. The molecule has 1 fully saturated rings. The Bertz CT molecular complexity index is 831. The van der Waals surface area contributed by atoms with Crippen molar-refractivity contribution < 1.29 is 14.3 Å². The first kappa shape index (κ1) is 17.6. The third kappa shape index (κ3) is 3.57. The number of nitrogens with two attached hydrogens (primary N) is 1. The molecule has 3 rings (SSSR count). The molecule has 1 aliphatic rings. The molecular weight excluding hydrogens is 338 g/mol. The van der Waals surface area contributed by atoms with E-state index in [4.69, 9.17) is 10.5 Å². The molecule has 2 aromatic rings. The van der Waals surface area contributed by atoms with E-state index in [9.17, 15) is 9.59 Å². The van der Waals surface area contributed by atoms with Crippen LogP contribution in [0, 0.1) is 20.8 Å². The van der Waals surface area contributed by atoms with Crippen molar-refractivity contribution in [3.8, 4) is 10.6 Å². The summed E-state index contributed by atoms with van der Waals surface area (Å²) in [5.41, 5.74) is 9.36. The van der Waals surface area contributed by atoms with Crippen molar-refractivity contribution >= 4 is 23.2 Å². The van der Waals surface area contributed by atoms with E-state index >= 15 is 0 Å². The first-order valence-corrected chi connectivity index (χ1v) is 8.93. The Morgan fingerprint density at radius 1 is 1.32 bits per heavy atom. The van der Waals surface area contributed by atoms with Crippen LogP contribution in [0.15, 0.2) is 18.2 Å². The van der Waals surface area contributed by atoms with Crippen LogP contribution in [0.4, 0.5) is 0 Å². The molecule has 2 heterocycles. The molecule has 1 aromatic heterocycles. The molecule has 6 nitrogen and oxygen atoms in total. The van der Waals surface area contributed by atoms with Gasteiger partial charge < -0.3 is 15.4 Å². The third-order valence-electron chi connectivity index (χ3n) is 4.27. The predicted molar refractivity (Wildman–Crippen MR) is 96.6 cm³/mol. The molecule has 1 aliphatic heterocycles. The maximum atomic E-state index is 12.9. The smallest absolute Gasteiger partial charge is 0.266 e. The highest BCUT2D eigenvalue weighted by Gasteiger charge is 2.30. The van der Waals surface area contributed by atoms with Gasteiger partial charge in [-0.2, -0.15) is 0 Å². The lowest BCUT2D eigenvalue weighted by Gasteiger charge is -2.31. The van der Waals surface area contributed by atoms with Crippen LogP contribution in [0.1, 0.15) is 26.5 Å². The van der Waals surface area contributed by atoms with Crippen LogP contribution in [0.5, 0.6) is 0 Å². The number of benzene rings is 1. The molecule has 1 atom stereocenters. The van der Waals surface area contributed by atoms with Gasteiger partial charge in [-0.1, -0.05) is 23.8 Å². The number of nitrogens with zero attached hydrogens (tertiary/aromatic N) is 2. The molecule has 0 aliphatic carbocycles. The lowest BCUT2D eigenvalue weighted by Crippen LogP contribution is -2.50. The maximum absolute atomic E-state index is 12.9. The van der Waals surface area contributed by atoms with E-state index in [1.54, 1.807) is 4.90 Å². The highest BCUT2D eigenvalue weighted by molar-refractivity contribution is 7.17. The van der Waals surface area contributed by atoms with Crippen molar-refractivity contribution in [3.05, 3.63) is 39.9 Å². The van der Waals surface area contributed by atoms with E-state index in [0.29, 0.717) is 23.7 Å². The number of thiazole rings is 1. The minimum atomic E-state index is -0.746. The molecule has 2 N–H and O–H groups in total. The molecule has 0 spiro atoms. The first-order chi connectivity index (χ1) is 11.9. The van der Waals surface area contributed by atoms with Gasteiger partial charge >= 0.3 is 0 Å². The monoisotopic (exact) mass is 359 g/mol. The molecule has 0 unspecified atom stereocenters. The second-order valence-corrected chi connectivity index (χ2v) is 7.26. The number of hydrogen-bond acceptors (Lipinski definition) is 5. The van der Waals surface area contributed by atoms with Crippen molar-refractivity contribution in [3.63, 3.8) is 0 Å². The molecule has 25 heavy (non-hydrogen) atoms. The normalized spacial score (nSPS) is 17.6. The number of morpholine rings is 1. The zero-order valence-electron chi connectivity index (χ0n) is 14.5. The highest BCUT2D eigenvalue weighted by Crippen LogP contribution is 2.31. The van der Waals surface area contributed by atoms with Gasteiger partial charge in [-0.15, -0.1) is 11.3 Å². The van der Waals surface area contributed by atoms with Gasteiger partial charge in [0.1, 0.15) is 9.88 Å². The molecule has 0 saturated carbocycles. The van der Waals surface area contributed by atoms with Gasteiger partial charge in [0.05, 0.1) is 18.8 Å². The Labute approximate surface area is 150 Å². The number of carbonyl (C=O) groups excluding carboxylic acids is 2. The summed E-state index contributed by atoms with van der Waals surface area (Å²) in [6.07, 6.45) is -0.746. The molecule has 1 saturated heterocycles. The number of aromatic nitrogens is 1. The van der Waals surface area contributed by atoms with Gasteiger partial charge in [0.15, 0.2) is 6.10 Å². The van der Waals surface area contributed by atoms with E-state index < -0.39 is 12.0 Å². The van der Waals surface area contributed by atoms with Gasteiger partial charge in [-0.25, -0.2) is 4.98 Å². The average Bonchev–Trinajstić information content (AvgIpc) is 2.95. The van der Waals surface area contributed by atoms with E-state index in [0.717, 1.165) is 16.1 Å². The Morgan fingerprint density at radius 3 is 2.76 bits per heavy atom. The molecule has 0 bridgehead atoms. The van der Waals surface area contributed by atoms with Crippen molar-refractivity contribution in [2.45, 2.75) is 26.9 Å². The zero-order valence-corrected chi connectivity index (χ0v) is 15.4. The first-order valence-electron chi connectivity index (χ1n) is 8.12. The summed E-state index contributed by atoms with van der Waals surface area (Å²) >= 11 is 1.38. The summed E-state index contributed by atoms with van der Waals surface area (Å²) in [5, 5.41) is 0.832. The summed E-state index contributed by atoms with van der Waals surface area (Å²) in [4.78, 5) is 31.0. The molecule has 132 valence electrons. The fourth-order valence-electron chi connectivity index (χ4n) is 2.91. The van der Waals surface area contributed by atoms with Crippen LogP contribution in [-0.4, -0.2) is 47.5 Å². The van der Waals surface area contributed by atoms with Gasteiger partial charge in [-0.05, 0) is 26.3 Å². The maximum Gasteiger partial charge on any atom is 0.266 e. The van der Waals surface area contributed by atoms with Crippen molar-refractivity contribution in [1.29, 1.82) is 0 Å². The van der Waals surface area contributed by atoms with Gasteiger partial charge in [-0.3, -0.25) is 9.59 Å². The third-order valence-corrected chi connectivity index (χ3v) is 5.45. The molecule has 2 amide bonds. The van der Waals surface area contributed by atoms with Crippen molar-refractivity contribution in [2.75, 3.05) is 19.7 Å². The average molecular weight is 359 g/mol. The lowest BCUT2D eigenvalue weighted by molar-refractivity contribution is -0.133. The number of primary amides is 1. The Morgan fingerprint density at radius 2 is 2.08 bits per heavy atom. The van der Waals surface area contributed by atoms with Crippen molar-refractivity contribution in [1.82, 2.24) is 9.88 Å². The molecule has 7 heteroatoms.